The van der Waals surface area contributed by atoms with Crippen molar-refractivity contribution in [2.24, 2.45) is 11.8 Å². The average Bonchev–Trinajstić information content (AvgIpc) is 2.17. The molecule has 0 aromatic rings. The maximum Gasteiger partial charge on any atom is 0.225 e. The summed E-state index contributed by atoms with van der Waals surface area (Å²) in [7, 11) is 1.92. The fourth-order valence-corrected chi connectivity index (χ4v) is 2.73. The highest BCUT2D eigenvalue weighted by molar-refractivity contribution is 6.21. The maximum atomic E-state index is 12.0. The molecular weight excluding hydrogens is 210 g/mol. The molecule has 0 atom stereocenters. The molecule has 2 nitrogen and oxygen atoms in total. The number of hydrogen-bond acceptors (Lipinski definition) is 1. The molecule has 1 fully saturated rings. The molecule has 0 unspecified atom stereocenters. The van der Waals surface area contributed by atoms with Crippen LogP contribution >= 0.6 is 11.6 Å². The fourth-order valence-electron chi connectivity index (χ4n) is 2.23. The monoisotopic (exact) mass is 231 g/mol. The summed E-state index contributed by atoms with van der Waals surface area (Å²) < 4.78 is 0. The van der Waals surface area contributed by atoms with Gasteiger partial charge in [-0.2, -0.15) is 0 Å². The van der Waals surface area contributed by atoms with Gasteiger partial charge in [-0.25, -0.2) is 0 Å². The van der Waals surface area contributed by atoms with E-state index >= 15 is 0 Å². The van der Waals surface area contributed by atoms with Gasteiger partial charge in [0.1, 0.15) is 0 Å². The molecule has 1 aliphatic carbocycles. The first kappa shape index (κ1) is 12.8. The SMILES string of the molecule is CCC(CC)C(=O)N(C)CC1CC(Cl)C1. The summed E-state index contributed by atoms with van der Waals surface area (Å²) in [6, 6.07) is 0. The minimum atomic E-state index is 0.210. The van der Waals surface area contributed by atoms with Crippen LogP contribution in [0.2, 0.25) is 0 Å². The standard InChI is InChI=1S/C12H22ClNO/c1-4-10(5-2)12(15)14(3)8-9-6-11(13)7-9/h9-11H,4-8H2,1-3H3. The van der Waals surface area contributed by atoms with E-state index in [0.717, 1.165) is 32.2 Å². The van der Waals surface area contributed by atoms with Crippen molar-refractivity contribution in [2.45, 2.75) is 44.9 Å². The summed E-state index contributed by atoms with van der Waals surface area (Å²) in [5.41, 5.74) is 0. The molecule has 0 heterocycles. The van der Waals surface area contributed by atoms with Gasteiger partial charge in [-0.05, 0) is 31.6 Å². The van der Waals surface area contributed by atoms with E-state index in [9.17, 15) is 4.79 Å². The Morgan fingerprint density at radius 3 is 2.33 bits per heavy atom. The van der Waals surface area contributed by atoms with Gasteiger partial charge in [0, 0.05) is 24.9 Å². The minimum Gasteiger partial charge on any atom is -0.345 e. The lowest BCUT2D eigenvalue weighted by molar-refractivity contribution is -0.135. The Morgan fingerprint density at radius 1 is 1.40 bits per heavy atom. The van der Waals surface area contributed by atoms with Crippen molar-refractivity contribution in [2.75, 3.05) is 13.6 Å². The first-order chi connectivity index (χ1) is 7.08. The predicted molar refractivity (Wildman–Crippen MR) is 64.1 cm³/mol. The maximum absolute atomic E-state index is 12.0. The van der Waals surface area contributed by atoms with E-state index in [1.807, 2.05) is 11.9 Å². The number of carbonyl (C=O) groups excluding carboxylic acids is 1. The smallest absolute Gasteiger partial charge is 0.225 e. The second-order valence-corrected chi connectivity index (χ2v) is 5.28. The van der Waals surface area contributed by atoms with E-state index in [2.05, 4.69) is 13.8 Å². The Morgan fingerprint density at radius 2 is 1.93 bits per heavy atom. The molecule has 0 bridgehead atoms. The van der Waals surface area contributed by atoms with Gasteiger partial charge in [0.25, 0.3) is 0 Å². The average molecular weight is 232 g/mol. The van der Waals surface area contributed by atoms with Gasteiger partial charge >= 0.3 is 0 Å². The molecule has 0 N–H and O–H groups in total. The molecular formula is C12H22ClNO. The van der Waals surface area contributed by atoms with Crippen molar-refractivity contribution in [1.82, 2.24) is 4.90 Å². The van der Waals surface area contributed by atoms with Crippen LogP contribution in [-0.4, -0.2) is 29.8 Å². The lowest BCUT2D eigenvalue weighted by atomic mass is 9.84. The molecule has 15 heavy (non-hydrogen) atoms. The van der Waals surface area contributed by atoms with Gasteiger partial charge in [-0.1, -0.05) is 13.8 Å². The van der Waals surface area contributed by atoms with Crippen molar-refractivity contribution < 1.29 is 4.79 Å². The molecule has 1 amide bonds. The number of amides is 1. The zero-order valence-electron chi connectivity index (χ0n) is 10.0. The Balaban J connectivity index is 2.32. The Bertz CT molecular complexity index is 210. The molecule has 3 heteroatoms. The van der Waals surface area contributed by atoms with Crippen molar-refractivity contribution in [3.8, 4) is 0 Å². The third-order valence-electron chi connectivity index (χ3n) is 3.42. The van der Waals surface area contributed by atoms with E-state index in [4.69, 9.17) is 11.6 Å². The largest absolute Gasteiger partial charge is 0.345 e. The van der Waals surface area contributed by atoms with Gasteiger partial charge in [-0.15, -0.1) is 11.6 Å². The van der Waals surface area contributed by atoms with Crippen LogP contribution in [0.15, 0.2) is 0 Å². The summed E-state index contributed by atoms with van der Waals surface area (Å²) in [6.45, 7) is 5.05. The molecule has 1 rings (SSSR count). The van der Waals surface area contributed by atoms with Crippen LogP contribution in [0.5, 0.6) is 0 Å². The fraction of sp³-hybridized carbons (Fsp3) is 0.917. The van der Waals surface area contributed by atoms with Crippen LogP contribution in [0.4, 0.5) is 0 Å². The van der Waals surface area contributed by atoms with E-state index in [-0.39, 0.29) is 5.92 Å². The second-order valence-electron chi connectivity index (χ2n) is 4.67. The van der Waals surface area contributed by atoms with Crippen LogP contribution < -0.4 is 0 Å². The van der Waals surface area contributed by atoms with Gasteiger partial charge in [0.15, 0.2) is 0 Å². The number of halogens is 1. The molecule has 1 saturated carbocycles. The molecule has 1 aliphatic rings. The van der Waals surface area contributed by atoms with Crippen molar-refractivity contribution >= 4 is 17.5 Å². The zero-order valence-corrected chi connectivity index (χ0v) is 10.8. The van der Waals surface area contributed by atoms with Gasteiger partial charge in [-0.3, -0.25) is 4.79 Å². The molecule has 0 aliphatic heterocycles. The normalized spacial score (nSPS) is 25.1. The van der Waals surface area contributed by atoms with Gasteiger partial charge in [0.2, 0.25) is 5.91 Å². The summed E-state index contributed by atoms with van der Waals surface area (Å²) in [4.78, 5) is 13.8. The van der Waals surface area contributed by atoms with Crippen molar-refractivity contribution in [3.63, 3.8) is 0 Å². The molecule has 88 valence electrons. The number of carbonyl (C=O) groups is 1. The Labute approximate surface area is 98.0 Å². The lowest BCUT2D eigenvalue weighted by Crippen LogP contribution is -2.40. The topological polar surface area (TPSA) is 20.3 Å². The quantitative estimate of drug-likeness (QED) is 0.667. The Hall–Kier alpha value is -0.240. The van der Waals surface area contributed by atoms with Crippen LogP contribution in [0.1, 0.15) is 39.5 Å². The summed E-state index contributed by atoms with van der Waals surface area (Å²) >= 11 is 5.92. The zero-order chi connectivity index (χ0) is 11.4. The van der Waals surface area contributed by atoms with Gasteiger partial charge in [0.05, 0.1) is 0 Å². The number of rotatable bonds is 5. The van der Waals surface area contributed by atoms with Gasteiger partial charge < -0.3 is 4.90 Å². The van der Waals surface area contributed by atoms with E-state index in [0.29, 0.717) is 17.2 Å². The number of nitrogens with zero attached hydrogens (tertiary/aromatic N) is 1. The van der Waals surface area contributed by atoms with E-state index in [1.54, 1.807) is 0 Å². The summed E-state index contributed by atoms with van der Waals surface area (Å²) in [5.74, 6) is 1.15. The lowest BCUT2D eigenvalue weighted by Gasteiger charge is -2.35. The predicted octanol–water partition coefficient (Wildman–Crippen LogP) is 2.90. The molecule has 0 aromatic heterocycles. The second kappa shape index (κ2) is 5.74. The van der Waals surface area contributed by atoms with Crippen LogP contribution in [0, 0.1) is 11.8 Å². The third-order valence-corrected chi connectivity index (χ3v) is 3.78. The van der Waals surface area contributed by atoms with E-state index < -0.39 is 0 Å². The Kier molecular flexibility index (Phi) is 4.91. The molecule has 0 radical (unpaired) electrons. The van der Waals surface area contributed by atoms with Crippen LogP contribution in [0.25, 0.3) is 0 Å². The van der Waals surface area contributed by atoms with Crippen molar-refractivity contribution in [1.29, 1.82) is 0 Å². The number of alkyl halides is 1. The highest BCUT2D eigenvalue weighted by Gasteiger charge is 2.30. The summed E-state index contributed by atoms with van der Waals surface area (Å²) in [5, 5.41) is 0.353. The minimum absolute atomic E-state index is 0.210. The molecule has 0 spiro atoms. The van der Waals surface area contributed by atoms with E-state index in [1.165, 1.54) is 0 Å². The van der Waals surface area contributed by atoms with Crippen LogP contribution in [-0.2, 0) is 4.79 Å². The van der Waals surface area contributed by atoms with Crippen LogP contribution in [0.3, 0.4) is 0 Å². The molecule has 0 saturated heterocycles. The highest BCUT2D eigenvalue weighted by atomic mass is 35.5. The highest BCUT2D eigenvalue weighted by Crippen LogP contribution is 2.32. The number of hydrogen-bond donors (Lipinski definition) is 0. The van der Waals surface area contributed by atoms with Crippen molar-refractivity contribution in [3.05, 3.63) is 0 Å². The summed E-state index contributed by atoms with van der Waals surface area (Å²) in [6.07, 6.45) is 4.04. The first-order valence-electron chi connectivity index (χ1n) is 5.97. The molecule has 0 aromatic carbocycles. The third kappa shape index (κ3) is 3.37. The first-order valence-corrected chi connectivity index (χ1v) is 6.41.